The van der Waals surface area contributed by atoms with Crippen LogP contribution in [0, 0.1) is 0 Å². The van der Waals surface area contributed by atoms with Crippen molar-refractivity contribution in [3.8, 4) is 0 Å². The Morgan fingerprint density at radius 2 is 2.14 bits per heavy atom. The lowest BCUT2D eigenvalue weighted by atomic mass is 9.93. The Bertz CT molecular complexity index is 450. The molecule has 0 aliphatic carbocycles. The minimum absolute atomic E-state index is 0.123. The van der Waals surface area contributed by atoms with Crippen LogP contribution in [0.4, 0.5) is 0 Å². The first-order chi connectivity index (χ1) is 10.2. The van der Waals surface area contributed by atoms with Crippen LogP contribution in [0.3, 0.4) is 0 Å². The van der Waals surface area contributed by atoms with Crippen LogP contribution in [-0.4, -0.2) is 46.4 Å². The molecule has 1 aromatic rings. The summed E-state index contributed by atoms with van der Waals surface area (Å²) in [6.07, 6.45) is 4.69. The zero-order chi connectivity index (χ0) is 15.2. The van der Waals surface area contributed by atoms with Crippen molar-refractivity contribution >= 4 is 5.91 Å². The number of amides is 1. The lowest BCUT2D eigenvalue weighted by Gasteiger charge is -2.33. The molecule has 1 aliphatic rings. The summed E-state index contributed by atoms with van der Waals surface area (Å²) in [6, 6.07) is 2.13. The zero-order valence-corrected chi connectivity index (χ0v) is 13.4. The largest absolute Gasteiger partial charge is 0.369 e. The molecule has 2 heterocycles. The SMILES string of the molecule is CCCn1nccc1C1CCN(C(=O)[C@@H](C)OCC)CC1. The summed E-state index contributed by atoms with van der Waals surface area (Å²) in [5, 5.41) is 4.40. The van der Waals surface area contributed by atoms with E-state index < -0.39 is 0 Å². The Balaban J connectivity index is 1.91. The number of likely N-dealkylation sites (tertiary alicyclic amines) is 1. The topological polar surface area (TPSA) is 47.4 Å². The normalized spacial score (nSPS) is 18.0. The van der Waals surface area contributed by atoms with Crippen LogP contribution in [0.25, 0.3) is 0 Å². The number of carbonyl (C=O) groups excluding carboxylic acids is 1. The summed E-state index contributed by atoms with van der Waals surface area (Å²) in [5.74, 6) is 0.642. The molecule has 0 spiro atoms. The lowest BCUT2D eigenvalue weighted by Crippen LogP contribution is -2.43. The summed E-state index contributed by atoms with van der Waals surface area (Å²) in [5.41, 5.74) is 1.32. The summed E-state index contributed by atoms with van der Waals surface area (Å²) >= 11 is 0. The van der Waals surface area contributed by atoms with E-state index in [2.05, 4.69) is 22.8 Å². The lowest BCUT2D eigenvalue weighted by molar-refractivity contribution is -0.143. The van der Waals surface area contributed by atoms with Gasteiger partial charge in [-0.3, -0.25) is 9.48 Å². The summed E-state index contributed by atoms with van der Waals surface area (Å²) in [6.45, 7) is 9.12. The van der Waals surface area contributed by atoms with Crippen molar-refractivity contribution in [3.05, 3.63) is 18.0 Å². The number of hydrogen-bond donors (Lipinski definition) is 0. The average Bonchev–Trinajstić information content (AvgIpc) is 2.95. The van der Waals surface area contributed by atoms with Gasteiger partial charge in [0.15, 0.2) is 0 Å². The molecule has 1 aromatic heterocycles. The number of rotatable bonds is 6. The van der Waals surface area contributed by atoms with Gasteiger partial charge in [0.05, 0.1) is 0 Å². The monoisotopic (exact) mass is 293 g/mol. The van der Waals surface area contributed by atoms with Gasteiger partial charge in [-0.25, -0.2) is 0 Å². The number of carbonyl (C=O) groups is 1. The second-order valence-electron chi connectivity index (χ2n) is 5.68. The Labute approximate surface area is 127 Å². The van der Waals surface area contributed by atoms with Gasteiger partial charge in [-0.05, 0) is 39.2 Å². The molecule has 5 nitrogen and oxygen atoms in total. The molecule has 1 aliphatic heterocycles. The van der Waals surface area contributed by atoms with Crippen LogP contribution in [-0.2, 0) is 16.1 Å². The molecule has 1 fully saturated rings. The van der Waals surface area contributed by atoms with Gasteiger partial charge in [0.2, 0.25) is 0 Å². The highest BCUT2D eigenvalue weighted by Crippen LogP contribution is 2.28. The second kappa shape index (κ2) is 7.59. The molecule has 1 amide bonds. The van der Waals surface area contributed by atoms with Gasteiger partial charge >= 0.3 is 0 Å². The summed E-state index contributed by atoms with van der Waals surface area (Å²) < 4.78 is 7.52. The summed E-state index contributed by atoms with van der Waals surface area (Å²) in [4.78, 5) is 14.2. The van der Waals surface area contributed by atoms with E-state index in [-0.39, 0.29) is 12.0 Å². The predicted molar refractivity (Wildman–Crippen MR) is 82.2 cm³/mol. The van der Waals surface area contributed by atoms with Crippen molar-refractivity contribution in [3.63, 3.8) is 0 Å². The first-order valence-electron chi connectivity index (χ1n) is 8.09. The van der Waals surface area contributed by atoms with Crippen molar-refractivity contribution < 1.29 is 9.53 Å². The number of aryl methyl sites for hydroxylation is 1. The molecule has 0 aromatic carbocycles. The van der Waals surface area contributed by atoms with E-state index >= 15 is 0 Å². The van der Waals surface area contributed by atoms with Crippen LogP contribution < -0.4 is 0 Å². The van der Waals surface area contributed by atoms with E-state index in [1.807, 2.05) is 24.9 Å². The molecule has 21 heavy (non-hydrogen) atoms. The number of nitrogens with zero attached hydrogens (tertiary/aromatic N) is 3. The third-order valence-electron chi connectivity index (χ3n) is 4.17. The highest BCUT2D eigenvalue weighted by molar-refractivity contribution is 5.80. The van der Waals surface area contributed by atoms with Gasteiger partial charge in [-0.15, -0.1) is 0 Å². The van der Waals surface area contributed by atoms with Crippen LogP contribution in [0.15, 0.2) is 12.3 Å². The predicted octanol–water partition coefficient (Wildman–Crippen LogP) is 2.42. The number of ether oxygens (including phenoxy) is 1. The summed E-state index contributed by atoms with van der Waals surface area (Å²) in [7, 11) is 0. The van der Waals surface area contributed by atoms with Crippen LogP contribution >= 0.6 is 0 Å². The van der Waals surface area contributed by atoms with Crippen molar-refractivity contribution in [2.75, 3.05) is 19.7 Å². The van der Waals surface area contributed by atoms with E-state index in [0.29, 0.717) is 12.5 Å². The fourth-order valence-electron chi connectivity index (χ4n) is 3.06. The van der Waals surface area contributed by atoms with E-state index in [0.717, 1.165) is 38.9 Å². The van der Waals surface area contributed by atoms with Crippen molar-refractivity contribution in [1.82, 2.24) is 14.7 Å². The second-order valence-corrected chi connectivity index (χ2v) is 5.68. The Hall–Kier alpha value is -1.36. The van der Waals surface area contributed by atoms with Crippen molar-refractivity contribution in [2.45, 2.75) is 58.6 Å². The highest BCUT2D eigenvalue weighted by Gasteiger charge is 2.28. The molecule has 0 saturated carbocycles. The quantitative estimate of drug-likeness (QED) is 0.809. The first-order valence-corrected chi connectivity index (χ1v) is 8.09. The van der Waals surface area contributed by atoms with Gasteiger partial charge in [0.1, 0.15) is 6.10 Å². The van der Waals surface area contributed by atoms with E-state index in [1.165, 1.54) is 5.69 Å². The van der Waals surface area contributed by atoms with Crippen molar-refractivity contribution in [2.24, 2.45) is 0 Å². The Kier molecular flexibility index (Phi) is 5.79. The minimum Gasteiger partial charge on any atom is -0.369 e. The molecule has 0 unspecified atom stereocenters. The van der Waals surface area contributed by atoms with Crippen molar-refractivity contribution in [1.29, 1.82) is 0 Å². The van der Waals surface area contributed by atoms with E-state index in [4.69, 9.17) is 4.74 Å². The van der Waals surface area contributed by atoms with E-state index in [9.17, 15) is 4.79 Å². The highest BCUT2D eigenvalue weighted by atomic mass is 16.5. The third-order valence-corrected chi connectivity index (χ3v) is 4.17. The number of piperidine rings is 1. The fourth-order valence-corrected chi connectivity index (χ4v) is 3.06. The minimum atomic E-state index is -0.322. The average molecular weight is 293 g/mol. The molecular weight excluding hydrogens is 266 g/mol. The first kappa shape index (κ1) is 16.0. The van der Waals surface area contributed by atoms with E-state index in [1.54, 1.807) is 0 Å². The van der Waals surface area contributed by atoms with Gasteiger partial charge in [-0.2, -0.15) is 5.10 Å². The van der Waals surface area contributed by atoms with Gasteiger partial charge in [0.25, 0.3) is 5.91 Å². The number of aromatic nitrogens is 2. The molecule has 2 rings (SSSR count). The van der Waals surface area contributed by atoms with Crippen LogP contribution in [0.5, 0.6) is 0 Å². The molecule has 0 N–H and O–H groups in total. The molecular formula is C16H27N3O2. The maximum Gasteiger partial charge on any atom is 0.251 e. The smallest absolute Gasteiger partial charge is 0.251 e. The molecule has 1 atom stereocenters. The van der Waals surface area contributed by atoms with Gasteiger partial charge < -0.3 is 9.64 Å². The Morgan fingerprint density at radius 3 is 2.76 bits per heavy atom. The van der Waals surface area contributed by atoms with Gasteiger partial charge in [0, 0.05) is 44.0 Å². The zero-order valence-electron chi connectivity index (χ0n) is 13.4. The molecule has 5 heteroatoms. The molecule has 1 saturated heterocycles. The molecule has 118 valence electrons. The third kappa shape index (κ3) is 3.84. The van der Waals surface area contributed by atoms with Gasteiger partial charge in [-0.1, -0.05) is 6.92 Å². The maximum atomic E-state index is 12.2. The van der Waals surface area contributed by atoms with Crippen LogP contribution in [0.2, 0.25) is 0 Å². The molecule has 0 radical (unpaired) electrons. The van der Waals surface area contributed by atoms with Crippen LogP contribution in [0.1, 0.15) is 51.6 Å². The standard InChI is InChI=1S/C16H27N3O2/c1-4-10-19-15(6-9-17-19)14-7-11-18(12-8-14)16(20)13(3)21-5-2/h6,9,13-14H,4-5,7-8,10-12H2,1-3H3/t13-/m1/s1. The Morgan fingerprint density at radius 1 is 1.43 bits per heavy atom. The molecule has 0 bridgehead atoms. The number of hydrogen-bond acceptors (Lipinski definition) is 3. The fraction of sp³-hybridized carbons (Fsp3) is 0.750. The maximum absolute atomic E-state index is 12.2.